The second kappa shape index (κ2) is 5.95. The van der Waals surface area contributed by atoms with Gasteiger partial charge in [-0.25, -0.2) is 4.98 Å². The molecule has 1 fully saturated rings. The van der Waals surface area contributed by atoms with Crippen molar-refractivity contribution in [3.05, 3.63) is 41.4 Å². The van der Waals surface area contributed by atoms with Gasteiger partial charge in [0.2, 0.25) is 0 Å². The summed E-state index contributed by atoms with van der Waals surface area (Å²) in [5.41, 5.74) is 0.291. The highest BCUT2D eigenvalue weighted by molar-refractivity contribution is 7.16. The molecule has 0 spiro atoms. The summed E-state index contributed by atoms with van der Waals surface area (Å²) in [6, 6.07) is 9.80. The minimum absolute atomic E-state index is 0.157. The molecule has 5 heteroatoms. The highest BCUT2D eigenvalue weighted by Gasteiger charge is 2.31. The highest BCUT2D eigenvalue weighted by Crippen LogP contribution is 2.29. The number of carbonyl (C=O) groups excluding carboxylic acids is 1. The van der Waals surface area contributed by atoms with Gasteiger partial charge in [0.25, 0.3) is 5.91 Å². The van der Waals surface area contributed by atoms with E-state index in [2.05, 4.69) is 10.3 Å². The first kappa shape index (κ1) is 14.2. The molecule has 1 aliphatic carbocycles. The molecule has 1 aromatic heterocycles. The molecule has 110 valence electrons. The number of amides is 1. The van der Waals surface area contributed by atoms with Crippen LogP contribution in [0.3, 0.4) is 0 Å². The maximum atomic E-state index is 12.1. The van der Waals surface area contributed by atoms with Gasteiger partial charge in [0.15, 0.2) is 0 Å². The van der Waals surface area contributed by atoms with E-state index in [1.54, 1.807) is 6.20 Å². The second-order valence-electron chi connectivity index (χ2n) is 5.51. The zero-order valence-corrected chi connectivity index (χ0v) is 12.5. The van der Waals surface area contributed by atoms with Crippen LogP contribution in [-0.4, -0.2) is 28.1 Å². The summed E-state index contributed by atoms with van der Waals surface area (Å²) in [6.07, 6.45) is 5.20. The quantitative estimate of drug-likeness (QED) is 0.913. The molecule has 21 heavy (non-hydrogen) atoms. The molecule has 1 aliphatic rings. The molecule has 0 saturated heterocycles. The second-order valence-corrected chi connectivity index (χ2v) is 6.54. The Morgan fingerprint density at radius 1 is 1.29 bits per heavy atom. The van der Waals surface area contributed by atoms with E-state index in [9.17, 15) is 9.90 Å². The van der Waals surface area contributed by atoms with Crippen molar-refractivity contribution in [2.75, 3.05) is 6.54 Å². The lowest BCUT2D eigenvalue weighted by atomic mass is 10.0. The van der Waals surface area contributed by atoms with Gasteiger partial charge in [0, 0.05) is 12.1 Å². The summed E-state index contributed by atoms with van der Waals surface area (Å²) in [7, 11) is 0. The van der Waals surface area contributed by atoms with Crippen LogP contribution >= 0.6 is 11.3 Å². The average Bonchev–Trinajstić information content (AvgIpc) is 3.16. The van der Waals surface area contributed by atoms with Crippen LogP contribution in [0.25, 0.3) is 10.6 Å². The molecule has 1 heterocycles. The van der Waals surface area contributed by atoms with Crippen molar-refractivity contribution in [3.8, 4) is 10.6 Å². The number of thiazole rings is 1. The Kier molecular flexibility index (Phi) is 4.03. The zero-order valence-electron chi connectivity index (χ0n) is 11.7. The van der Waals surface area contributed by atoms with Crippen LogP contribution < -0.4 is 5.32 Å². The molecule has 3 rings (SSSR count). The molecule has 0 radical (unpaired) electrons. The summed E-state index contributed by atoms with van der Waals surface area (Å²) in [5.74, 6) is -0.157. The van der Waals surface area contributed by atoms with Crippen LogP contribution in [-0.2, 0) is 0 Å². The third-order valence-corrected chi connectivity index (χ3v) is 4.91. The Morgan fingerprint density at radius 3 is 2.71 bits per heavy atom. The lowest BCUT2D eigenvalue weighted by Crippen LogP contribution is -2.40. The molecule has 2 aromatic rings. The summed E-state index contributed by atoms with van der Waals surface area (Å²) in [6.45, 7) is 0.324. The minimum atomic E-state index is -0.720. The molecule has 1 aromatic carbocycles. The maximum absolute atomic E-state index is 12.1. The van der Waals surface area contributed by atoms with Gasteiger partial charge >= 0.3 is 0 Å². The van der Waals surface area contributed by atoms with E-state index in [1.165, 1.54) is 11.3 Å². The standard InChI is InChI=1S/C16H18N2O2S/c19-14(18-11-16(20)8-4-5-9-16)13-10-17-15(21-13)12-6-2-1-3-7-12/h1-3,6-7,10,20H,4-5,8-9,11H2,(H,18,19). The monoisotopic (exact) mass is 302 g/mol. The summed E-state index contributed by atoms with van der Waals surface area (Å²) < 4.78 is 0. The molecular weight excluding hydrogens is 284 g/mol. The van der Waals surface area contributed by atoms with Gasteiger partial charge in [0.05, 0.1) is 11.8 Å². The number of carbonyl (C=O) groups is 1. The summed E-state index contributed by atoms with van der Waals surface area (Å²) >= 11 is 1.37. The lowest BCUT2D eigenvalue weighted by molar-refractivity contribution is 0.0450. The van der Waals surface area contributed by atoms with Crippen LogP contribution in [0.1, 0.15) is 35.4 Å². The fourth-order valence-corrected chi connectivity index (χ4v) is 3.47. The van der Waals surface area contributed by atoms with Gasteiger partial charge < -0.3 is 10.4 Å². The molecular formula is C16H18N2O2S. The maximum Gasteiger partial charge on any atom is 0.263 e. The number of nitrogens with zero attached hydrogens (tertiary/aromatic N) is 1. The van der Waals surface area contributed by atoms with Crippen molar-refractivity contribution >= 4 is 17.2 Å². The minimum Gasteiger partial charge on any atom is -0.388 e. The molecule has 0 aliphatic heterocycles. The van der Waals surface area contributed by atoms with E-state index in [0.717, 1.165) is 36.3 Å². The van der Waals surface area contributed by atoms with E-state index >= 15 is 0 Å². The van der Waals surface area contributed by atoms with Crippen molar-refractivity contribution in [2.45, 2.75) is 31.3 Å². The summed E-state index contributed by atoms with van der Waals surface area (Å²) in [5, 5.41) is 13.9. The zero-order chi connectivity index (χ0) is 14.7. The van der Waals surface area contributed by atoms with Gasteiger partial charge in [-0.1, -0.05) is 43.2 Å². The first-order valence-electron chi connectivity index (χ1n) is 7.18. The van der Waals surface area contributed by atoms with Crippen LogP contribution in [0.4, 0.5) is 0 Å². The number of rotatable bonds is 4. The lowest BCUT2D eigenvalue weighted by Gasteiger charge is -2.21. The summed E-state index contributed by atoms with van der Waals surface area (Å²) in [4.78, 5) is 17.0. The Morgan fingerprint density at radius 2 is 2.00 bits per heavy atom. The first-order valence-corrected chi connectivity index (χ1v) is 8.00. The Labute approximate surface area is 127 Å². The van der Waals surface area contributed by atoms with Crippen molar-refractivity contribution in [1.29, 1.82) is 0 Å². The number of nitrogens with one attached hydrogen (secondary N) is 1. The van der Waals surface area contributed by atoms with Gasteiger partial charge in [0.1, 0.15) is 9.88 Å². The number of aliphatic hydroxyl groups is 1. The van der Waals surface area contributed by atoms with E-state index in [4.69, 9.17) is 0 Å². The predicted octanol–water partition coefficient (Wildman–Crippen LogP) is 2.85. The van der Waals surface area contributed by atoms with Crippen LogP contribution in [0.2, 0.25) is 0 Å². The SMILES string of the molecule is O=C(NCC1(O)CCCC1)c1cnc(-c2ccccc2)s1. The highest BCUT2D eigenvalue weighted by atomic mass is 32.1. The fourth-order valence-electron chi connectivity index (χ4n) is 2.64. The average molecular weight is 302 g/mol. The molecule has 0 unspecified atom stereocenters. The Hall–Kier alpha value is -1.72. The normalized spacial score (nSPS) is 16.8. The smallest absolute Gasteiger partial charge is 0.263 e. The van der Waals surface area contributed by atoms with Crippen LogP contribution in [0.15, 0.2) is 36.5 Å². The van der Waals surface area contributed by atoms with Crippen molar-refractivity contribution < 1.29 is 9.90 Å². The predicted molar refractivity (Wildman–Crippen MR) is 83.3 cm³/mol. The van der Waals surface area contributed by atoms with E-state index in [1.807, 2.05) is 30.3 Å². The number of aromatic nitrogens is 1. The topological polar surface area (TPSA) is 62.2 Å². The third kappa shape index (κ3) is 3.31. The van der Waals surface area contributed by atoms with E-state index in [0.29, 0.717) is 11.4 Å². The van der Waals surface area contributed by atoms with Crippen molar-refractivity contribution in [2.24, 2.45) is 0 Å². The van der Waals surface area contributed by atoms with E-state index in [-0.39, 0.29) is 5.91 Å². The van der Waals surface area contributed by atoms with Crippen LogP contribution in [0, 0.1) is 0 Å². The molecule has 0 atom stereocenters. The molecule has 0 bridgehead atoms. The molecule has 1 saturated carbocycles. The van der Waals surface area contributed by atoms with Gasteiger partial charge in [-0.3, -0.25) is 4.79 Å². The van der Waals surface area contributed by atoms with Gasteiger partial charge in [-0.15, -0.1) is 11.3 Å². The van der Waals surface area contributed by atoms with Crippen LogP contribution in [0.5, 0.6) is 0 Å². The van der Waals surface area contributed by atoms with Gasteiger partial charge in [-0.2, -0.15) is 0 Å². The number of hydrogen-bond acceptors (Lipinski definition) is 4. The number of hydrogen-bond donors (Lipinski definition) is 2. The molecule has 4 nitrogen and oxygen atoms in total. The Bertz CT molecular complexity index is 618. The van der Waals surface area contributed by atoms with Crippen molar-refractivity contribution in [3.63, 3.8) is 0 Å². The fraction of sp³-hybridized carbons (Fsp3) is 0.375. The van der Waals surface area contributed by atoms with Gasteiger partial charge in [-0.05, 0) is 12.8 Å². The largest absolute Gasteiger partial charge is 0.388 e. The first-order chi connectivity index (χ1) is 10.2. The number of benzene rings is 1. The molecule has 2 N–H and O–H groups in total. The third-order valence-electron chi connectivity index (χ3n) is 3.86. The Balaban J connectivity index is 1.64. The van der Waals surface area contributed by atoms with E-state index < -0.39 is 5.60 Å². The van der Waals surface area contributed by atoms with Crippen molar-refractivity contribution in [1.82, 2.24) is 10.3 Å². The molecule has 1 amide bonds.